The topological polar surface area (TPSA) is 92.7 Å². The first-order valence-corrected chi connectivity index (χ1v) is 5.33. The van der Waals surface area contributed by atoms with Gasteiger partial charge in [-0.1, -0.05) is 0 Å². The van der Waals surface area contributed by atoms with E-state index < -0.39 is 10.4 Å². The second-order valence-electron chi connectivity index (χ2n) is 3.56. The monoisotopic (exact) mass is 243 g/mol. The molecule has 0 saturated carbocycles. The van der Waals surface area contributed by atoms with Crippen molar-refractivity contribution in [1.82, 2.24) is 0 Å². The van der Waals surface area contributed by atoms with Crippen LogP contribution in [0, 0.1) is 0 Å². The summed E-state index contributed by atoms with van der Waals surface area (Å²) in [4.78, 5) is 9.66. The number of rotatable bonds is 5. The Bertz CT molecular complexity index is 255. The molecule has 0 atom stereocenters. The van der Waals surface area contributed by atoms with E-state index in [1.807, 2.05) is 21.1 Å². The Morgan fingerprint density at radius 2 is 1.73 bits per heavy atom. The number of quaternary nitrogens is 1. The van der Waals surface area contributed by atoms with Crippen molar-refractivity contribution in [3.63, 3.8) is 0 Å². The van der Waals surface area contributed by atoms with E-state index in [9.17, 15) is 17.8 Å². The van der Waals surface area contributed by atoms with E-state index in [0.29, 0.717) is 13.1 Å². The van der Waals surface area contributed by atoms with Gasteiger partial charge < -0.3 is 13.8 Å². The SMILES string of the molecule is COS(=O)(=O)[O-].C[N+](C)(C)CCOC=O. The van der Waals surface area contributed by atoms with Crippen LogP contribution in [0.5, 0.6) is 0 Å². The van der Waals surface area contributed by atoms with Gasteiger partial charge in [0.2, 0.25) is 10.4 Å². The molecule has 15 heavy (non-hydrogen) atoms. The van der Waals surface area contributed by atoms with E-state index >= 15 is 0 Å². The van der Waals surface area contributed by atoms with Crippen molar-refractivity contribution in [2.45, 2.75) is 0 Å². The van der Waals surface area contributed by atoms with E-state index in [1.165, 1.54) is 0 Å². The van der Waals surface area contributed by atoms with Crippen LogP contribution >= 0.6 is 0 Å². The van der Waals surface area contributed by atoms with E-state index in [-0.39, 0.29) is 0 Å². The van der Waals surface area contributed by atoms with Crippen molar-refractivity contribution in [3.05, 3.63) is 0 Å². The third-order valence-electron chi connectivity index (χ3n) is 1.15. The minimum Gasteiger partial charge on any atom is -0.726 e. The van der Waals surface area contributed by atoms with Gasteiger partial charge in [-0.3, -0.25) is 8.98 Å². The molecule has 0 unspecified atom stereocenters. The van der Waals surface area contributed by atoms with Crippen LogP contribution in [-0.2, 0) is 24.1 Å². The molecule has 0 aliphatic rings. The Morgan fingerprint density at radius 3 is 1.93 bits per heavy atom. The molecule has 0 spiro atoms. The fraction of sp³-hybridized carbons (Fsp3) is 0.857. The van der Waals surface area contributed by atoms with Crippen LogP contribution in [0.1, 0.15) is 0 Å². The lowest BCUT2D eigenvalue weighted by Gasteiger charge is -2.22. The minimum absolute atomic E-state index is 0.482. The average Bonchev–Trinajstić information content (AvgIpc) is 2.02. The summed E-state index contributed by atoms with van der Waals surface area (Å²) >= 11 is 0. The lowest BCUT2D eigenvalue weighted by Crippen LogP contribution is -2.37. The Morgan fingerprint density at radius 1 is 1.33 bits per heavy atom. The summed E-state index contributed by atoms with van der Waals surface area (Å²) < 4.78 is 36.4. The molecule has 7 nitrogen and oxygen atoms in total. The van der Waals surface area contributed by atoms with E-state index in [2.05, 4.69) is 8.92 Å². The van der Waals surface area contributed by atoms with Crippen LogP contribution in [0.15, 0.2) is 0 Å². The van der Waals surface area contributed by atoms with Crippen molar-refractivity contribution < 1.29 is 31.2 Å². The van der Waals surface area contributed by atoms with Crippen molar-refractivity contribution in [2.75, 3.05) is 41.4 Å². The molecule has 0 aliphatic heterocycles. The largest absolute Gasteiger partial charge is 0.726 e. The molecule has 0 aromatic rings. The highest BCUT2D eigenvalue weighted by atomic mass is 32.3. The molecular weight excluding hydrogens is 226 g/mol. The highest BCUT2D eigenvalue weighted by molar-refractivity contribution is 7.80. The van der Waals surface area contributed by atoms with Crippen molar-refractivity contribution in [2.24, 2.45) is 0 Å². The highest BCUT2D eigenvalue weighted by Gasteiger charge is 2.04. The second-order valence-corrected chi connectivity index (χ2v) is 4.71. The molecule has 0 aromatic carbocycles. The molecule has 0 aromatic heterocycles. The third kappa shape index (κ3) is 24.7. The van der Waals surface area contributed by atoms with Crippen LogP contribution in [0.25, 0.3) is 0 Å². The molecule has 0 heterocycles. The third-order valence-corrected chi connectivity index (χ3v) is 1.56. The quantitative estimate of drug-likeness (QED) is 0.201. The van der Waals surface area contributed by atoms with Gasteiger partial charge in [0.15, 0.2) is 0 Å². The standard InChI is InChI=1S/C6H14NO2.CH4O4S/c1-7(2,3)4-5-9-6-8;1-5-6(2,3)4/h6H,4-5H2,1-3H3;1H3,(H,2,3,4)/q+1;/p-1. The highest BCUT2D eigenvalue weighted by Crippen LogP contribution is 1.87. The van der Waals surface area contributed by atoms with Gasteiger partial charge in [-0.2, -0.15) is 0 Å². The first kappa shape index (κ1) is 16.7. The number of likely N-dealkylation sites (N-methyl/N-ethyl adjacent to an activating group) is 1. The number of hydrogen-bond acceptors (Lipinski definition) is 6. The summed E-state index contributed by atoms with van der Waals surface area (Å²) in [6, 6.07) is 0. The first-order chi connectivity index (χ1) is 6.62. The Hall–Kier alpha value is -0.700. The summed E-state index contributed by atoms with van der Waals surface area (Å²) in [5.74, 6) is 0. The number of ether oxygens (including phenoxy) is 1. The fourth-order valence-corrected chi connectivity index (χ4v) is 0.375. The number of carbonyl (C=O) groups is 1. The van der Waals surface area contributed by atoms with Crippen molar-refractivity contribution in [3.8, 4) is 0 Å². The molecule has 0 amide bonds. The molecule has 0 saturated heterocycles. The Labute approximate surface area is 90.1 Å². The van der Waals surface area contributed by atoms with Gasteiger partial charge in [-0.15, -0.1) is 0 Å². The maximum absolute atomic E-state index is 9.66. The molecule has 0 bridgehead atoms. The molecule has 0 fully saturated rings. The van der Waals surface area contributed by atoms with Crippen LogP contribution in [-0.4, -0.2) is 65.3 Å². The number of hydrogen-bond donors (Lipinski definition) is 0. The summed E-state index contributed by atoms with van der Waals surface area (Å²) in [5, 5.41) is 0. The lowest BCUT2D eigenvalue weighted by molar-refractivity contribution is -0.870. The minimum atomic E-state index is -4.41. The van der Waals surface area contributed by atoms with Gasteiger partial charge in [-0.25, -0.2) is 8.42 Å². The average molecular weight is 243 g/mol. The first-order valence-electron chi connectivity index (χ1n) is 3.99. The van der Waals surface area contributed by atoms with E-state index in [0.717, 1.165) is 18.1 Å². The predicted molar refractivity (Wildman–Crippen MR) is 51.6 cm³/mol. The lowest BCUT2D eigenvalue weighted by atomic mass is 10.5. The fourth-order valence-electron chi connectivity index (χ4n) is 0.375. The smallest absolute Gasteiger partial charge is 0.293 e. The molecule has 0 N–H and O–H groups in total. The van der Waals surface area contributed by atoms with Crippen LogP contribution < -0.4 is 0 Å². The molecule has 92 valence electrons. The summed E-state index contributed by atoms with van der Waals surface area (Å²) in [7, 11) is 2.55. The van der Waals surface area contributed by atoms with E-state index in [1.54, 1.807) is 0 Å². The van der Waals surface area contributed by atoms with Gasteiger partial charge in [0.1, 0.15) is 13.2 Å². The normalized spacial score (nSPS) is 11.3. The number of carbonyl (C=O) groups excluding carboxylic acids is 1. The van der Waals surface area contributed by atoms with Crippen molar-refractivity contribution >= 4 is 16.9 Å². The summed E-state index contributed by atoms with van der Waals surface area (Å²) in [6.45, 7) is 1.85. The number of nitrogens with zero attached hydrogens (tertiary/aromatic N) is 1. The Kier molecular flexibility index (Phi) is 8.44. The summed E-state index contributed by atoms with van der Waals surface area (Å²) in [6.07, 6.45) is 0. The maximum Gasteiger partial charge on any atom is 0.293 e. The van der Waals surface area contributed by atoms with E-state index in [4.69, 9.17) is 0 Å². The van der Waals surface area contributed by atoms with Crippen LogP contribution in [0.3, 0.4) is 0 Å². The maximum atomic E-state index is 9.66. The zero-order valence-electron chi connectivity index (χ0n) is 9.30. The van der Waals surface area contributed by atoms with Gasteiger partial charge >= 0.3 is 0 Å². The van der Waals surface area contributed by atoms with Crippen molar-refractivity contribution in [1.29, 1.82) is 0 Å². The predicted octanol–water partition coefficient (Wildman–Crippen LogP) is -1.04. The van der Waals surface area contributed by atoms with Gasteiger partial charge in [-0.05, 0) is 0 Å². The molecule has 0 rings (SSSR count). The Balaban J connectivity index is 0. The zero-order valence-corrected chi connectivity index (χ0v) is 10.1. The molecular formula is C7H17NO6S. The molecule has 8 heteroatoms. The van der Waals surface area contributed by atoms with Gasteiger partial charge in [0, 0.05) is 0 Å². The zero-order chi connectivity index (χ0) is 12.5. The molecule has 0 radical (unpaired) electrons. The van der Waals surface area contributed by atoms with Gasteiger partial charge in [0.05, 0.1) is 28.3 Å². The van der Waals surface area contributed by atoms with Crippen LogP contribution in [0.4, 0.5) is 0 Å². The van der Waals surface area contributed by atoms with Gasteiger partial charge in [0.25, 0.3) is 6.47 Å². The summed E-state index contributed by atoms with van der Waals surface area (Å²) in [5.41, 5.74) is 0. The second kappa shape index (κ2) is 7.57. The molecule has 0 aliphatic carbocycles. The van der Waals surface area contributed by atoms with Crippen LogP contribution in [0.2, 0.25) is 0 Å².